The Balaban J connectivity index is 1.95. The van der Waals surface area contributed by atoms with E-state index in [1.165, 1.54) is 47.9 Å². The largest absolute Gasteiger partial charge is 0.198 e. The number of unbranched alkanes of at least 4 members (excludes halogenated alkanes) is 2. The molecular weight excluding hydrogens is 278 g/mol. The molecule has 0 aliphatic heterocycles. The summed E-state index contributed by atoms with van der Waals surface area (Å²) in [5.41, 5.74) is 5.29. The maximum absolute atomic E-state index is 8.85. The van der Waals surface area contributed by atoms with Gasteiger partial charge in [-0.3, -0.25) is 0 Å². The molecule has 0 bridgehead atoms. The molecule has 0 N–H and O–H groups in total. The van der Waals surface area contributed by atoms with Gasteiger partial charge in [0.25, 0.3) is 0 Å². The summed E-state index contributed by atoms with van der Waals surface area (Å²) in [7, 11) is 0. The Morgan fingerprint density at radius 3 is 1.83 bits per heavy atom. The Morgan fingerprint density at radius 1 is 0.826 bits per heavy atom. The Morgan fingerprint density at radius 2 is 1.35 bits per heavy atom. The second-order valence-electron chi connectivity index (χ2n) is 6.42. The van der Waals surface area contributed by atoms with Gasteiger partial charge in [0.2, 0.25) is 0 Å². The van der Waals surface area contributed by atoms with Crippen molar-refractivity contribution in [2.24, 2.45) is 5.92 Å². The average molecular weight is 305 g/mol. The third-order valence-electron chi connectivity index (χ3n) is 4.40. The highest BCUT2D eigenvalue weighted by Gasteiger charge is 2.02. The van der Waals surface area contributed by atoms with Crippen LogP contribution in [-0.2, 0) is 12.8 Å². The first-order valence-corrected chi connectivity index (χ1v) is 8.80. The first-order chi connectivity index (χ1) is 11.2. The van der Waals surface area contributed by atoms with Crippen molar-refractivity contribution in [1.29, 1.82) is 5.26 Å². The second kappa shape index (κ2) is 9.16. The number of benzene rings is 2. The van der Waals surface area contributed by atoms with Crippen LogP contribution in [0.4, 0.5) is 0 Å². The molecule has 0 saturated heterocycles. The molecular formula is C22H27N. The molecule has 0 aromatic heterocycles. The topological polar surface area (TPSA) is 23.8 Å². The number of rotatable bonds is 8. The normalized spacial score (nSPS) is 11.9. The zero-order valence-corrected chi connectivity index (χ0v) is 14.4. The lowest BCUT2D eigenvalue weighted by Crippen LogP contribution is -1.93. The van der Waals surface area contributed by atoms with Gasteiger partial charge in [0.15, 0.2) is 0 Å². The van der Waals surface area contributed by atoms with E-state index in [0.29, 0.717) is 0 Å². The standard InChI is InChI=1S/C22H27N/c1-3-4-5-6-19-9-13-21(14-10-19)22-15-11-20(12-16-22)8-7-18(2)17-23/h9-16,18H,3-8H2,1-2H3. The molecule has 0 spiro atoms. The van der Waals surface area contributed by atoms with Crippen molar-refractivity contribution < 1.29 is 0 Å². The van der Waals surface area contributed by atoms with E-state index in [1.807, 2.05) is 6.92 Å². The van der Waals surface area contributed by atoms with E-state index in [4.69, 9.17) is 5.26 Å². The summed E-state index contributed by atoms with van der Waals surface area (Å²) in [6.45, 7) is 4.23. The predicted octanol–water partition coefficient (Wildman–Crippen LogP) is 6.18. The van der Waals surface area contributed by atoms with Gasteiger partial charge in [-0.25, -0.2) is 0 Å². The van der Waals surface area contributed by atoms with E-state index in [0.717, 1.165) is 12.8 Å². The maximum atomic E-state index is 8.85. The minimum absolute atomic E-state index is 0.134. The molecule has 1 nitrogen and oxygen atoms in total. The van der Waals surface area contributed by atoms with Gasteiger partial charge in [-0.05, 0) is 54.9 Å². The van der Waals surface area contributed by atoms with Gasteiger partial charge in [0.05, 0.1) is 6.07 Å². The van der Waals surface area contributed by atoms with Crippen molar-refractivity contribution >= 4 is 0 Å². The van der Waals surface area contributed by atoms with Crippen molar-refractivity contribution in [2.75, 3.05) is 0 Å². The lowest BCUT2D eigenvalue weighted by molar-refractivity contribution is 0.660. The van der Waals surface area contributed by atoms with E-state index < -0.39 is 0 Å². The highest BCUT2D eigenvalue weighted by molar-refractivity contribution is 5.63. The maximum Gasteiger partial charge on any atom is 0.0652 e. The highest BCUT2D eigenvalue weighted by atomic mass is 14.3. The summed E-state index contributed by atoms with van der Waals surface area (Å²) in [5.74, 6) is 0.134. The van der Waals surface area contributed by atoms with Crippen molar-refractivity contribution in [3.8, 4) is 17.2 Å². The third kappa shape index (κ3) is 5.57. The molecule has 1 atom stereocenters. The summed E-state index contributed by atoms with van der Waals surface area (Å²) in [6, 6.07) is 20.0. The van der Waals surface area contributed by atoms with E-state index in [2.05, 4.69) is 61.5 Å². The van der Waals surface area contributed by atoms with Crippen LogP contribution in [0.3, 0.4) is 0 Å². The first-order valence-electron chi connectivity index (χ1n) is 8.80. The molecule has 0 amide bonds. The summed E-state index contributed by atoms with van der Waals surface area (Å²) in [5, 5.41) is 8.85. The zero-order chi connectivity index (χ0) is 16.5. The Kier molecular flexibility index (Phi) is 6.88. The van der Waals surface area contributed by atoms with Gasteiger partial charge in [-0.15, -0.1) is 0 Å². The van der Waals surface area contributed by atoms with Crippen LogP contribution in [0.25, 0.3) is 11.1 Å². The second-order valence-corrected chi connectivity index (χ2v) is 6.42. The van der Waals surface area contributed by atoms with Gasteiger partial charge >= 0.3 is 0 Å². The van der Waals surface area contributed by atoms with Crippen LogP contribution in [0.15, 0.2) is 48.5 Å². The molecule has 1 heteroatoms. The Labute approximate surface area is 141 Å². The lowest BCUT2D eigenvalue weighted by atomic mass is 9.98. The Hall–Kier alpha value is -2.07. The Bertz CT molecular complexity index is 617. The van der Waals surface area contributed by atoms with Crippen LogP contribution in [0.5, 0.6) is 0 Å². The number of nitrogens with zero attached hydrogens (tertiary/aromatic N) is 1. The fourth-order valence-electron chi connectivity index (χ4n) is 2.75. The molecule has 2 rings (SSSR count). The molecule has 0 heterocycles. The van der Waals surface area contributed by atoms with Crippen molar-refractivity contribution in [1.82, 2.24) is 0 Å². The van der Waals surface area contributed by atoms with Crippen LogP contribution >= 0.6 is 0 Å². The third-order valence-corrected chi connectivity index (χ3v) is 4.40. The predicted molar refractivity (Wildman–Crippen MR) is 98.2 cm³/mol. The lowest BCUT2D eigenvalue weighted by Gasteiger charge is -2.07. The fraction of sp³-hybridized carbons (Fsp3) is 0.409. The SMILES string of the molecule is CCCCCc1ccc(-c2ccc(CCC(C)C#N)cc2)cc1. The van der Waals surface area contributed by atoms with Crippen LogP contribution in [0.2, 0.25) is 0 Å². The van der Waals surface area contributed by atoms with Gasteiger partial charge in [0, 0.05) is 5.92 Å². The minimum Gasteiger partial charge on any atom is -0.198 e. The number of aryl methyl sites for hydroxylation is 2. The smallest absolute Gasteiger partial charge is 0.0652 e. The summed E-state index contributed by atoms with van der Waals surface area (Å²) in [4.78, 5) is 0. The first kappa shape index (κ1) is 17.3. The molecule has 0 saturated carbocycles. The molecule has 0 aliphatic carbocycles. The summed E-state index contributed by atoms with van der Waals surface area (Å²) >= 11 is 0. The quantitative estimate of drug-likeness (QED) is 0.534. The van der Waals surface area contributed by atoms with Gasteiger partial charge in [-0.2, -0.15) is 5.26 Å². The van der Waals surface area contributed by atoms with Crippen LogP contribution in [0.1, 0.15) is 50.7 Å². The molecule has 0 fully saturated rings. The monoisotopic (exact) mass is 305 g/mol. The van der Waals surface area contributed by atoms with Crippen LogP contribution < -0.4 is 0 Å². The summed E-state index contributed by atoms with van der Waals surface area (Å²) < 4.78 is 0. The average Bonchev–Trinajstić information content (AvgIpc) is 2.61. The number of hydrogen-bond acceptors (Lipinski definition) is 1. The van der Waals surface area contributed by atoms with E-state index >= 15 is 0 Å². The minimum atomic E-state index is 0.134. The zero-order valence-electron chi connectivity index (χ0n) is 14.4. The number of hydrogen-bond donors (Lipinski definition) is 0. The molecule has 2 aromatic rings. The highest BCUT2D eigenvalue weighted by Crippen LogP contribution is 2.22. The van der Waals surface area contributed by atoms with E-state index in [-0.39, 0.29) is 5.92 Å². The summed E-state index contributed by atoms with van der Waals surface area (Å²) in [6.07, 6.45) is 6.97. The van der Waals surface area contributed by atoms with Gasteiger partial charge < -0.3 is 0 Å². The molecule has 120 valence electrons. The van der Waals surface area contributed by atoms with Crippen molar-refractivity contribution in [3.63, 3.8) is 0 Å². The molecule has 2 aromatic carbocycles. The fourth-order valence-corrected chi connectivity index (χ4v) is 2.75. The van der Waals surface area contributed by atoms with Crippen molar-refractivity contribution in [3.05, 3.63) is 59.7 Å². The molecule has 1 unspecified atom stereocenters. The van der Waals surface area contributed by atoms with Crippen LogP contribution in [-0.4, -0.2) is 0 Å². The molecule has 23 heavy (non-hydrogen) atoms. The number of nitriles is 1. The molecule has 0 radical (unpaired) electrons. The van der Waals surface area contributed by atoms with Crippen molar-refractivity contribution in [2.45, 2.75) is 52.4 Å². The van der Waals surface area contributed by atoms with Crippen LogP contribution in [0, 0.1) is 17.2 Å². The van der Waals surface area contributed by atoms with Gasteiger partial charge in [0.1, 0.15) is 0 Å². The molecule has 0 aliphatic rings. The van der Waals surface area contributed by atoms with Gasteiger partial charge in [-0.1, -0.05) is 68.3 Å². The van der Waals surface area contributed by atoms with E-state index in [1.54, 1.807) is 0 Å². The van der Waals surface area contributed by atoms with E-state index in [9.17, 15) is 0 Å².